The first kappa shape index (κ1) is 12.0. The highest BCUT2D eigenvalue weighted by molar-refractivity contribution is 9.10. The van der Waals surface area contributed by atoms with Crippen molar-refractivity contribution in [1.82, 2.24) is 5.06 Å². The zero-order chi connectivity index (χ0) is 11.6. The van der Waals surface area contributed by atoms with Crippen LogP contribution in [0.25, 0.3) is 0 Å². The van der Waals surface area contributed by atoms with Crippen LogP contribution in [0.15, 0.2) is 16.6 Å². The number of rotatable bonds is 2. The van der Waals surface area contributed by atoms with Gasteiger partial charge in [0.2, 0.25) is 0 Å². The minimum atomic E-state index is -0.240. The highest BCUT2D eigenvalue weighted by atomic mass is 79.9. The Kier molecular flexibility index (Phi) is 3.71. The van der Waals surface area contributed by atoms with Crippen molar-refractivity contribution >= 4 is 27.5 Å². The number of nitrogen functional groups attached to an aromatic ring is 1. The number of amides is 1. The molecule has 4 nitrogen and oxygen atoms in total. The number of benzene rings is 1. The predicted octanol–water partition coefficient (Wildman–Crippen LogP) is 1.97. The van der Waals surface area contributed by atoms with E-state index >= 15 is 0 Å². The monoisotopic (exact) mass is 272 g/mol. The van der Waals surface area contributed by atoms with Gasteiger partial charge >= 0.3 is 0 Å². The lowest BCUT2D eigenvalue weighted by atomic mass is 10.1. The summed E-state index contributed by atoms with van der Waals surface area (Å²) >= 11 is 3.32. The van der Waals surface area contributed by atoms with E-state index < -0.39 is 0 Å². The molecule has 2 N–H and O–H groups in total. The molecule has 0 unspecified atom stereocenters. The van der Waals surface area contributed by atoms with Gasteiger partial charge in [-0.2, -0.15) is 0 Å². The molecule has 1 aromatic rings. The smallest absolute Gasteiger partial charge is 0.278 e. The van der Waals surface area contributed by atoms with Crippen LogP contribution in [0.3, 0.4) is 0 Å². The van der Waals surface area contributed by atoms with Crippen LogP contribution >= 0.6 is 15.9 Å². The third kappa shape index (κ3) is 2.49. The Morgan fingerprint density at radius 1 is 1.53 bits per heavy atom. The van der Waals surface area contributed by atoms with Crippen molar-refractivity contribution in [3.63, 3.8) is 0 Å². The molecule has 15 heavy (non-hydrogen) atoms. The van der Waals surface area contributed by atoms with Crippen LogP contribution in [0, 0.1) is 6.92 Å². The summed E-state index contributed by atoms with van der Waals surface area (Å²) in [6.45, 7) is 1.88. The maximum atomic E-state index is 11.8. The zero-order valence-corrected chi connectivity index (χ0v) is 10.5. The number of anilines is 1. The van der Waals surface area contributed by atoms with Crippen LogP contribution in [-0.2, 0) is 4.84 Å². The van der Waals surface area contributed by atoms with Gasteiger partial charge < -0.3 is 5.73 Å². The van der Waals surface area contributed by atoms with Gasteiger partial charge in [0.15, 0.2) is 0 Å². The van der Waals surface area contributed by atoms with Crippen molar-refractivity contribution in [3.05, 3.63) is 27.7 Å². The van der Waals surface area contributed by atoms with Gasteiger partial charge in [0.05, 0.1) is 12.7 Å². The SMILES string of the molecule is CON(C)C(=O)c1cc(N)c(C)cc1Br. The van der Waals surface area contributed by atoms with Gasteiger partial charge in [-0.3, -0.25) is 9.63 Å². The predicted molar refractivity (Wildman–Crippen MR) is 62.4 cm³/mol. The van der Waals surface area contributed by atoms with Crippen molar-refractivity contribution in [2.45, 2.75) is 6.92 Å². The van der Waals surface area contributed by atoms with E-state index in [4.69, 9.17) is 10.6 Å². The van der Waals surface area contributed by atoms with E-state index in [2.05, 4.69) is 15.9 Å². The molecule has 0 saturated carbocycles. The first-order valence-corrected chi connectivity index (χ1v) is 5.14. The Morgan fingerprint density at radius 2 is 2.13 bits per heavy atom. The fourth-order valence-corrected chi connectivity index (χ4v) is 1.73. The van der Waals surface area contributed by atoms with Crippen LogP contribution < -0.4 is 5.73 Å². The van der Waals surface area contributed by atoms with Crippen molar-refractivity contribution in [1.29, 1.82) is 0 Å². The summed E-state index contributed by atoms with van der Waals surface area (Å²) in [5.41, 5.74) is 7.74. The Morgan fingerprint density at radius 3 is 2.67 bits per heavy atom. The molecule has 82 valence electrons. The third-order valence-electron chi connectivity index (χ3n) is 2.15. The van der Waals surface area contributed by atoms with Crippen LogP contribution in [0.4, 0.5) is 5.69 Å². The molecular formula is C10H13BrN2O2. The summed E-state index contributed by atoms with van der Waals surface area (Å²) in [5, 5.41) is 1.15. The number of carbonyl (C=O) groups excluding carboxylic acids is 1. The number of hydroxylamine groups is 2. The molecule has 0 bridgehead atoms. The van der Waals surface area contributed by atoms with E-state index in [1.165, 1.54) is 7.11 Å². The summed E-state index contributed by atoms with van der Waals surface area (Å²) in [4.78, 5) is 16.6. The minimum Gasteiger partial charge on any atom is -0.398 e. The molecule has 1 rings (SSSR count). The number of carbonyl (C=O) groups is 1. The quantitative estimate of drug-likeness (QED) is 0.662. The number of halogens is 1. The maximum Gasteiger partial charge on any atom is 0.278 e. The molecular weight excluding hydrogens is 260 g/mol. The second-order valence-corrected chi connectivity index (χ2v) is 4.03. The molecule has 0 aliphatic heterocycles. The van der Waals surface area contributed by atoms with Crippen molar-refractivity contribution < 1.29 is 9.63 Å². The Balaban J connectivity index is 3.15. The first-order chi connectivity index (χ1) is 6.97. The largest absolute Gasteiger partial charge is 0.398 e. The standard InChI is InChI=1S/C10H13BrN2O2/c1-6-4-8(11)7(5-9(6)12)10(14)13(2)15-3/h4-5H,12H2,1-3H3. The lowest BCUT2D eigenvalue weighted by Crippen LogP contribution is -2.25. The third-order valence-corrected chi connectivity index (χ3v) is 2.80. The highest BCUT2D eigenvalue weighted by Crippen LogP contribution is 2.24. The normalized spacial score (nSPS) is 10.1. The topological polar surface area (TPSA) is 55.6 Å². The average molecular weight is 273 g/mol. The second kappa shape index (κ2) is 4.63. The Labute approximate surface area is 97.1 Å². The summed E-state index contributed by atoms with van der Waals surface area (Å²) in [6.07, 6.45) is 0. The van der Waals surface area contributed by atoms with Gasteiger partial charge in [-0.25, -0.2) is 5.06 Å². The molecule has 0 aromatic heterocycles. The molecule has 0 spiro atoms. The van der Waals surface area contributed by atoms with Gasteiger partial charge in [-0.15, -0.1) is 0 Å². The van der Waals surface area contributed by atoms with Crippen molar-refractivity contribution in [2.75, 3.05) is 19.9 Å². The molecule has 0 aliphatic carbocycles. The summed E-state index contributed by atoms with van der Waals surface area (Å²) in [7, 11) is 2.98. The summed E-state index contributed by atoms with van der Waals surface area (Å²) in [6, 6.07) is 3.45. The maximum absolute atomic E-state index is 11.8. The number of nitrogens with two attached hydrogens (primary N) is 1. The molecule has 0 saturated heterocycles. The average Bonchev–Trinajstić information content (AvgIpc) is 2.21. The van der Waals surface area contributed by atoms with Crippen LogP contribution in [0.5, 0.6) is 0 Å². The van der Waals surface area contributed by atoms with Gasteiger partial charge in [0.1, 0.15) is 0 Å². The fraction of sp³-hybridized carbons (Fsp3) is 0.300. The van der Waals surface area contributed by atoms with Gasteiger partial charge in [-0.05, 0) is 40.5 Å². The van der Waals surface area contributed by atoms with E-state index in [1.807, 2.05) is 13.0 Å². The van der Waals surface area contributed by atoms with Crippen LogP contribution in [-0.4, -0.2) is 25.1 Å². The highest BCUT2D eigenvalue weighted by Gasteiger charge is 2.15. The summed E-state index contributed by atoms with van der Waals surface area (Å²) < 4.78 is 0.711. The number of hydrogen-bond acceptors (Lipinski definition) is 3. The number of aryl methyl sites for hydroxylation is 1. The van der Waals surface area contributed by atoms with Gasteiger partial charge in [0, 0.05) is 17.2 Å². The van der Waals surface area contributed by atoms with Crippen molar-refractivity contribution in [2.24, 2.45) is 0 Å². The zero-order valence-electron chi connectivity index (χ0n) is 8.87. The van der Waals surface area contributed by atoms with E-state index in [0.29, 0.717) is 15.7 Å². The van der Waals surface area contributed by atoms with Gasteiger partial charge in [-0.1, -0.05) is 0 Å². The van der Waals surface area contributed by atoms with E-state index in [9.17, 15) is 4.79 Å². The second-order valence-electron chi connectivity index (χ2n) is 3.17. The molecule has 0 atom stereocenters. The molecule has 1 amide bonds. The minimum absolute atomic E-state index is 0.240. The lowest BCUT2D eigenvalue weighted by Gasteiger charge is -2.15. The molecule has 0 heterocycles. The molecule has 0 radical (unpaired) electrons. The van der Waals surface area contributed by atoms with E-state index in [-0.39, 0.29) is 5.91 Å². The van der Waals surface area contributed by atoms with Crippen LogP contribution in [0.2, 0.25) is 0 Å². The Bertz CT molecular complexity index is 393. The fourth-order valence-electron chi connectivity index (χ4n) is 1.11. The molecule has 1 aromatic carbocycles. The summed E-state index contributed by atoms with van der Waals surface area (Å²) in [5.74, 6) is -0.240. The van der Waals surface area contributed by atoms with E-state index in [0.717, 1.165) is 10.6 Å². The number of hydrogen-bond donors (Lipinski definition) is 1. The molecule has 5 heteroatoms. The molecule has 0 fully saturated rings. The number of nitrogens with zero attached hydrogens (tertiary/aromatic N) is 1. The Hall–Kier alpha value is -1.07. The van der Waals surface area contributed by atoms with Crippen molar-refractivity contribution in [3.8, 4) is 0 Å². The van der Waals surface area contributed by atoms with Gasteiger partial charge in [0.25, 0.3) is 5.91 Å². The first-order valence-electron chi connectivity index (χ1n) is 4.35. The van der Waals surface area contributed by atoms with Crippen LogP contribution in [0.1, 0.15) is 15.9 Å². The molecule has 0 aliphatic rings. The van der Waals surface area contributed by atoms with E-state index in [1.54, 1.807) is 13.1 Å². The lowest BCUT2D eigenvalue weighted by molar-refractivity contribution is -0.0757.